The first-order valence-electron chi connectivity index (χ1n) is 9.50. The fraction of sp³-hybridized carbons (Fsp3) is 0. The van der Waals surface area contributed by atoms with E-state index in [1.54, 1.807) is 6.20 Å². The number of benzene rings is 2. The van der Waals surface area contributed by atoms with Crippen molar-refractivity contribution >= 4 is 28.4 Å². The van der Waals surface area contributed by atoms with E-state index in [-0.39, 0.29) is 5.69 Å². The fourth-order valence-corrected chi connectivity index (χ4v) is 3.26. The normalized spacial score (nSPS) is 10.8. The maximum atomic E-state index is 11.1. The molecule has 0 saturated heterocycles. The van der Waals surface area contributed by atoms with E-state index >= 15 is 0 Å². The zero-order chi connectivity index (χ0) is 21.2. The summed E-state index contributed by atoms with van der Waals surface area (Å²) in [7, 11) is 0. The SMILES string of the molecule is O=C(O)c1cc2[nH]c(-c3cccc(Nc4ccc(-c5cccnn5)cc4)c3)nc2cn1. The van der Waals surface area contributed by atoms with Gasteiger partial charge in [-0.1, -0.05) is 24.3 Å². The van der Waals surface area contributed by atoms with Crippen LogP contribution in [0.25, 0.3) is 33.7 Å². The van der Waals surface area contributed by atoms with Crippen molar-refractivity contribution in [3.05, 3.63) is 84.8 Å². The van der Waals surface area contributed by atoms with Gasteiger partial charge in [-0.3, -0.25) is 0 Å². The van der Waals surface area contributed by atoms with E-state index in [9.17, 15) is 4.79 Å². The minimum Gasteiger partial charge on any atom is -0.477 e. The zero-order valence-electron chi connectivity index (χ0n) is 16.1. The van der Waals surface area contributed by atoms with E-state index in [1.807, 2.05) is 60.7 Å². The van der Waals surface area contributed by atoms with Gasteiger partial charge in [0.2, 0.25) is 0 Å². The minimum absolute atomic E-state index is 0.0250. The molecule has 0 aliphatic carbocycles. The number of carboxylic acid groups (broad SMARTS) is 1. The molecule has 0 bridgehead atoms. The van der Waals surface area contributed by atoms with Gasteiger partial charge in [0, 0.05) is 28.7 Å². The monoisotopic (exact) mass is 408 g/mol. The third kappa shape index (κ3) is 3.82. The first-order valence-corrected chi connectivity index (χ1v) is 9.50. The van der Waals surface area contributed by atoms with Crippen LogP contribution in [0, 0.1) is 0 Å². The smallest absolute Gasteiger partial charge is 0.354 e. The van der Waals surface area contributed by atoms with Gasteiger partial charge in [-0.05, 0) is 42.5 Å². The van der Waals surface area contributed by atoms with Crippen LogP contribution < -0.4 is 5.32 Å². The predicted octanol–water partition coefficient (Wildman–Crippen LogP) is 4.52. The molecule has 0 atom stereocenters. The molecule has 3 aromatic heterocycles. The number of anilines is 2. The van der Waals surface area contributed by atoms with Gasteiger partial charge < -0.3 is 15.4 Å². The molecule has 0 unspecified atom stereocenters. The zero-order valence-corrected chi connectivity index (χ0v) is 16.1. The van der Waals surface area contributed by atoms with Crippen molar-refractivity contribution in [3.8, 4) is 22.6 Å². The van der Waals surface area contributed by atoms with Crippen molar-refractivity contribution in [2.45, 2.75) is 0 Å². The van der Waals surface area contributed by atoms with Gasteiger partial charge in [-0.2, -0.15) is 10.2 Å². The molecule has 2 aromatic carbocycles. The molecular formula is C23H16N6O2. The predicted molar refractivity (Wildman–Crippen MR) is 117 cm³/mol. The Labute approximate surface area is 176 Å². The number of nitrogens with zero attached hydrogens (tertiary/aromatic N) is 4. The van der Waals surface area contributed by atoms with Crippen LogP contribution in [0.3, 0.4) is 0 Å². The quantitative estimate of drug-likeness (QED) is 0.391. The number of carbonyl (C=O) groups is 1. The number of carboxylic acids is 1. The van der Waals surface area contributed by atoms with Crippen molar-refractivity contribution in [2.24, 2.45) is 0 Å². The maximum absolute atomic E-state index is 11.1. The Hall–Kier alpha value is -4.59. The van der Waals surface area contributed by atoms with Crippen molar-refractivity contribution in [1.29, 1.82) is 0 Å². The second-order valence-electron chi connectivity index (χ2n) is 6.87. The number of pyridine rings is 1. The summed E-state index contributed by atoms with van der Waals surface area (Å²) >= 11 is 0. The van der Waals surface area contributed by atoms with Gasteiger partial charge in [0.25, 0.3) is 0 Å². The Kier molecular flexibility index (Phi) is 4.57. The average molecular weight is 408 g/mol. The second-order valence-corrected chi connectivity index (χ2v) is 6.87. The lowest BCUT2D eigenvalue weighted by Gasteiger charge is -2.08. The summed E-state index contributed by atoms with van der Waals surface area (Å²) in [5.41, 5.74) is 5.72. The van der Waals surface area contributed by atoms with Crippen LogP contribution in [-0.4, -0.2) is 36.2 Å². The highest BCUT2D eigenvalue weighted by atomic mass is 16.4. The number of aromatic carboxylic acids is 1. The summed E-state index contributed by atoms with van der Waals surface area (Å²) in [6, 6.07) is 21.0. The van der Waals surface area contributed by atoms with Crippen molar-refractivity contribution < 1.29 is 9.90 Å². The van der Waals surface area contributed by atoms with Crippen LogP contribution in [0.1, 0.15) is 10.5 Å². The highest BCUT2D eigenvalue weighted by Gasteiger charge is 2.10. The largest absolute Gasteiger partial charge is 0.477 e. The van der Waals surface area contributed by atoms with Gasteiger partial charge in [-0.15, -0.1) is 0 Å². The van der Waals surface area contributed by atoms with Crippen LogP contribution in [0.5, 0.6) is 0 Å². The summed E-state index contributed by atoms with van der Waals surface area (Å²) in [6.07, 6.45) is 3.11. The summed E-state index contributed by atoms with van der Waals surface area (Å²) in [4.78, 5) is 22.7. The molecule has 8 heteroatoms. The van der Waals surface area contributed by atoms with Gasteiger partial charge in [0.05, 0.1) is 17.4 Å². The minimum atomic E-state index is -1.07. The molecule has 31 heavy (non-hydrogen) atoms. The molecule has 0 amide bonds. The number of aromatic amines is 1. The molecule has 150 valence electrons. The van der Waals surface area contributed by atoms with Crippen molar-refractivity contribution in [1.82, 2.24) is 25.1 Å². The second kappa shape index (κ2) is 7.68. The Balaban J connectivity index is 1.39. The molecule has 0 radical (unpaired) electrons. The number of nitrogens with one attached hydrogen (secondary N) is 2. The molecule has 0 saturated carbocycles. The Morgan fingerprint density at radius 3 is 2.58 bits per heavy atom. The van der Waals surface area contributed by atoms with Crippen LogP contribution in [0.4, 0.5) is 11.4 Å². The molecule has 0 spiro atoms. The Bertz CT molecular complexity index is 1380. The Morgan fingerprint density at radius 2 is 1.81 bits per heavy atom. The summed E-state index contributed by atoms with van der Waals surface area (Å²) in [5, 5.41) is 20.5. The number of H-pyrrole nitrogens is 1. The van der Waals surface area contributed by atoms with Crippen LogP contribution in [-0.2, 0) is 0 Å². The number of fused-ring (bicyclic) bond motifs is 1. The first-order chi connectivity index (χ1) is 15.2. The first kappa shape index (κ1) is 18.4. The average Bonchev–Trinajstić information content (AvgIpc) is 3.24. The van der Waals surface area contributed by atoms with Gasteiger partial charge >= 0.3 is 5.97 Å². The third-order valence-corrected chi connectivity index (χ3v) is 4.77. The Morgan fingerprint density at radius 1 is 0.935 bits per heavy atom. The van der Waals surface area contributed by atoms with Crippen molar-refractivity contribution in [3.63, 3.8) is 0 Å². The van der Waals surface area contributed by atoms with Gasteiger partial charge in [0.1, 0.15) is 17.0 Å². The summed E-state index contributed by atoms with van der Waals surface area (Å²) in [5.74, 6) is -0.435. The van der Waals surface area contributed by atoms with Gasteiger partial charge in [-0.25, -0.2) is 14.8 Å². The van der Waals surface area contributed by atoms with Crippen LogP contribution in [0.2, 0.25) is 0 Å². The molecular weight excluding hydrogens is 392 g/mol. The highest BCUT2D eigenvalue weighted by Crippen LogP contribution is 2.26. The number of imidazole rings is 1. The lowest BCUT2D eigenvalue weighted by Crippen LogP contribution is -1.98. The van der Waals surface area contributed by atoms with Crippen molar-refractivity contribution in [2.75, 3.05) is 5.32 Å². The van der Waals surface area contributed by atoms with E-state index in [1.165, 1.54) is 12.3 Å². The lowest BCUT2D eigenvalue weighted by atomic mass is 10.1. The van der Waals surface area contributed by atoms with E-state index in [2.05, 4.69) is 30.5 Å². The highest BCUT2D eigenvalue weighted by molar-refractivity contribution is 5.90. The fourth-order valence-electron chi connectivity index (χ4n) is 3.26. The molecule has 5 aromatic rings. The van der Waals surface area contributed by atoms with E-state index < -0.39 is 5.97 Å². The molecule has 8 nitrogen and oxygen atoms in total. The molecule has 5 rings (SSSR count). The standard InChI is InChI=1S/C23H16N6O2/c30-23(31)20-12-19-21(13-24-20)28-22(27-19)15-3-1-4-17(11-15)26-16-8-6-14(7-9-16)18-5-2-10-25-29-18/h1-13,26H,(H,27,28)(H,30,31). The number of hydrogen-bond acceptors (Lipinski definition) is 6. The lowest BCUT2D eigenvalue weighted by molar-refractivity contribution is 0.0690. The number of rotatable bonds is 5. The molecule has 0 aliphatic heterocycles. The molecule has 0 fully saturated rings. The third-order valence-electron chi connectivity index (χ3n) is 4.77. The topological polar surface area (TPSA) is 117 Å². The molecule has 3 N–H and O–H groups in total. The van der Waals surface area contributed by atoms with Gasteiger partial charge in [0.15, 0.2) is 0 Å². The van der Waals surface area contributed by atoms with Crippen LogP contribution in [0.15, 0.2) is 79.1 Å². The van der Waals surface area contributed by atoms with E-state index in [0.717, 1.165) is 28.2 Å². The van der Waals surface area contributed by atoms with E-state index in [0.29, 0.717) is 16.9 Å². The number of hydrogen-bond donors (Lipinski definition) is 3. The molecule has 0 aliphatic rings. The molecule has 3 heterocycles. The van der Waals surface area contributed by atoms with Crippen LogP contribution >= 0.6 is 0 Å². The number of aromatic nitrogens is 5. The summed E-state index contributed by atoms with van der Waals surface area (Å²) in [6.45, 7) is 0. The summed E-state index contributed by atoms with van der Waals surface area (Å²) < 4.78 is 0. The maximum Gasteiger partial charge on any atom is 0.354 e. The van der Waals surface area contributed by atoms with E-state index in [4.69, 9.17) is 5.11 Å².